The molecule has 22 heavy (non-hydrogen) atoms. The Balaban J connectivity index is 0.00000176. The summed E-state index contributed by atoms with van der Waals surface area (Å²) in [5, 5.41) is 3.32. The maximum Gasteiger partial charge on any atom is 0.231 e. The van der Waals surface area contributed by atoms with Gasteiger partial charge in [-0.05, 0) is 46.6 Å². The van der Waals surface area contributed by atoms with Gasteiger partial charge in [0.05, 0.1) is 4.47 Å². The molecule has 0 aliphatic carbocycles. The molecule has 1 unspecified atom stereocenters. The average Bonchev–Trinajstić information content (AvgIpc) is 2.94. The van der Waals surface area contributed by atoms with Crippen molar-refractivity contribution in [2.75, 3.05) is 6.79 Å². The minimum Gasteiger partial charge on any atom is -0.454 e. The molecule has 1 heterocycles. The van der Waals surface area contributed by atoms with Crippen molar-refractivity contribution in [3.05, 3.63) is 57.8 Å². The van der Waals surface area contributed by atoms with E-state index in [0.717, 1.165) is 21.5 Å². The smallest absolute Gasteiger partial charge is 0.231 e. The van der Waals surface area contributed by atoms with Crippen molar-refractivity contribution in [3.8, 4) is 11.5 Å². The molecule has 1 atom stereocenters. The van der Waals surface area contributed by atoms with E-state index in [-0.39, 0.29) is 31.1 Å². The van der Waals surface area contributed by atoms with Crippen LogP contribution in [0.2, 0.25) is 0 Å². The first kappa shape index (κ1) is 17.1. The zero-order chi connectivity index (χ0) is 14.8. The van der Waals surface area contributed by atoms with E-state index < -0.39 is 0 Å². The molecule has 0 bridgehead atoms. The predicted molar refractivity (Wildman–Crippen MR) is 89.2 cm³/mol. The molecular weight excluding hydrogens is 373 g/mol. The highest BCUT2D eigenvalue weighted by molar-refractivity contribution is 9.10. The highest BCUT2D eigenvalue weighted by atomic mass is 79.9. The Morgan fingerprint density at radius 3 is 2.82 bits per heavy atom. The van der Waals surface area contributed by atoms with Crippen molar-refractivity contribution in [1.29, 1.82) is 0 Å². The van der Waals surface area contributed by atoms with E-state index in [1.165, 1.54) is 6.07 Å². The highest BCUT2D eigenvalue weighted by Crippen LogP contribution is 2.40. The van der Waals surface area contributed by atoms with E-state index in [9.17, 15) is 4.39 Å². The fourth-order valence-electron chi connectivity index (χ4n) is 2.33. The second-order valence-electron chi connectivity index (χ2n) is 4.94. The molecule has 3 rings (SSSR count). The molecule has 0 saturated heterocycles. The minimum atomic E-state index is -0.190. The fourth-order valence-corrected chi connectivity index (χ4v) is 2.93. The molecule has 118 valence electrons. The Morgan fingerprint density at radius 2 is 2.05 bits per heavy atom. The molecule has 1 N–H and O–H groups in total. The number of halogens is 3. The summed E-state index contributed by atoms with van der Waals surface area (Å²) in [7, 11) is 0. The van der Waals surface area contributed by atoms with Crippen molar-refractivity contribution in [3.63, 3.8) is 0 Å². The van der Waals surface area contributed by atoms with E-state index >= 15 is 0 Å². The standard InChI is InChI=1S/C16H15BrFNO2.ClH/c1-10(12-4-2-3-5-14(12)18)19-8-11-6-13(17)16-15(7-11)20-9-21-16;/h2-7,10,19H,8-9H2,1H3;1H. The molecule has 0 fully saturated rings. The molecule has 0 spiro atoms. The number of rotatable bonds is 4. The zero-order valence-electron chi connectivity index (χ0n) is 11.9. The third kappa shape index (κ3) is 3.54. The van der Waals surface area contributed by atoms with Crippen LogP contribution in [0.3, 0.4) is 0 Å². The van der Waals surface area contributed by atoms with Crippen LogP contribution >= 0.6 is 28.3 Å². The Labute approximate surface area is 143 Å². The second kappa shape index (κ2) is 7.31. The number of hydrogen-bond donors (Lipinski definition) is 1. The van der Waals surface area contributed by atoms with Crippen molar-refractivity contribution < 1.29 is 13.9 Å². The lowest BCUT2D eigenvalue weighted by Gasteiger charge is -2.15. The van der Waals surface area contributed by atoms with Gasteiger partial charge >= 0.3 is 0 Å². The van der Waals surface area contributed by atoms with Gasteiger partial charge in [-0.3, -0.25) is 0 Å². The minimum absolute atomic E-state index is 0. The van der Waals surface area contributed by atoms with Crippen molar-refractivity contribution in [1.82, 2.24) is 5.32 Å². The monoisotopic (exact) mass is 387 g/mol. The van der Waals surface area contributed by atoms with Crippen LogP contribution in [0.15, 0.2) is 40.9 Å². The number of fused-ring (bicyclic) bond motifs is 1. The Morgan fingerprint density at radius 1 is 1.27 bits per heavy atom. The van der Waals surface area contributed by atoms with E-state index in [2.05, 4.69) is 21.2 Å². The van der Waals surface area contributed by atoms with Crippen molar-refractivity contribution in [2.24, 2.45) is 0 Å². The molecule has 2 aromatic carbocycles. The first-order valence-corrected chi connectivity index (χ1v) is 7.50. The zero-order valence-corrected chi connectivity index (χ0v) is 14.3. The SMILES string of the molecule is CC(NCc1cc(Br)c2c(c1)OCO2)c1ccccc1F.Cl. The van der Waals surface area contributed by atoms with E-state index in [1.807, 2.05) is 25.1 Å². The lowest BCUT2D eigenvalue weighted by molar-refractivity contribution is 0.173. The first-order chi connectivity index (χ1) is 10.1. The van der Waals surface area contributed by atoms with Gasteiger partial charge in [0.2, 0.25) is 6.79 Å². The van der Waals surface area contributed by atoms with Gasteiger partial charge in [-0.2, -0.15) is 0 Å². The van der Waals surface area contributed by atoms with Crippen LogP contribution in [0.25, 0.3) is 0 Å². The molecular formula is C16H16BrClFNO2. The fraction of sp³-hybridized carbons (Fsp3) is 0.250. The van der Waals surface area contributed by atoms with Gasteiger partial charge in [-0.25, -0.2) is 4.39 Å². The van der Waals surface area contributed by atoms with Gasteiger partial charge in [0, 0.05) is 18.2 Å². The molecule has 1 aliphatic heterocycles. The largest absolute Gasteiger partial charge is 0.454 e. The summed E-state index contributed by atoms with van der Waals surface area (Å²) in [6, 6.07) is 10.7. The summed E-state index contributed by atoms with van der Waals surface area (Å²) < 4.78 is 25.3. The van der Waals surface area contributed by atoms with Crippen molar-refractivity contribution >= 4 is 28.3 Å². The van der Waals surface area contributed by atoms with Crippen LogP contribution in [0, 0.1) is 5.82 Å². The third-order valence-electron chi connectivity index (χ3n) is 3.47. The van der Waals surface area contributed by atoms with Gasteiger partial charge in [-0.15, -0.1) is 12.4 Å². The molecule has 3 nitrogen and oxygen atoms in total. The maximum absolute atomic E-state index is 13.7. The van der Waals surface area contributed by atoms with E-state index in [1.54, 1.807) is 12.1 Å². The van der Waals surface area contributed by atoms with E-state index in [4.69, 9.17) is 9.47 Å². The van der Waals surface area contributed by atoms with Crippen molar-refractivity contribution in [2.45, 2.75) is 19.5 Å². The van der Waals surface area contributed by atoms with Crippen LogP contribution in [0.5, 0.6) is 11.5 Å². The summed E-state index contributed by atoms with van der Waals surface area (Å²) in [6.45, 7) is 2.81. The molecule has 6 heteroatoms. The Hall–Kier alpha value is -1.30. The molecule has 0 saturated carbocycles. The molecule has 0 amide bonds. The molecule has 1 aliphatic rings. The lowest BCUT2D eigenvalue weighted by atomic mass is 10.1. The van der Waals surface area contributed by atoms with Crippen LogP contribution in [-0.4, -0.2) is 6.79 Å². The van der Waals surface area contributed by atoms with Gasteiger partial charge in [0.25, 0.3) is 0 Å². The van der Waals surface area contributed by atoms with Crippen LogP contribution in [0.1, 0.15) is 24.1 Å². The predicted octanol–water partition coefficient (Wildman–Crippen LogP) is 4.59. The maximum atomic E-state index is 13.7. The van der Waals surface area contributed by atoms with Crippen LogP contribution in [-0.2, 0) is 6.54 Å². The highest BCUT2D eigenvalue weighted by Gasteiger charge is 2.18. The number of hydrogen-bond acceptors (Lipinski definition) is 3. The molecule has 2 aromatic rings. The Bertz CT molecular complexity index is 669. The van der Waals surface area contributed by atoms with Gasteiger partial charge in [-0.1, -0.05) is 18.2 Å². The average molecular weight is 389 g/mol. The summed E-state index contributed by atoms with van der Waals surface area (Å²) in [6.07, 6.45) is 0. The van der Waals surface area contributed by atoms with Crippen LogP contribution < -0.4 is 14.8 Å². The summed E-state index contributed by atoms with van der Waals surface area (Å²) in [4.78, 5) is 0. The van der Waals surface area contributed by atoms with E-state index in [0.29, 0.717) is 12.1 Å². The summed E-state index contributed by atoms with van der Waals surface area (Å²) in [5.41, 5.74) is 1.71. The normalized spacial score (nSPS) is 13.6. The first-order valence-electron chi connectivity index (χ1n) is 6.71. The number of benzene rings is 2. The quantitative estimate of drug-likeness (QED) is 0.831. The number of ether oxygens (including phenoxy) is 2. The molecule has 0 aromatic heterocycles. The lowest BCUT2D eigenvalue weighted by Crippen LogP contribution is -2.19. The van der Waals surface area contributed by atoms with Crippen LogP contribution in [0.4, 0.5) is 4.39 Å². The number of nitrogens with one attached hydrogen (secondary N) is 1. The summed E-state index contributed by atoms with van der Waals surface area (Å²) in [5.74, 6) is 1.28. The molecule has 0 radical (unpaired) electrons. The summed E-state index contributed by atoms with van der Waals surface area (Å²) >= 11 is 3.47. The van der Waals surface area contributed by atoms with Gasteiger partial charge in [0.15, 0.2) is 11.5 Å². The Kier molecular flexibility index (Phi) is 5.67. The van der Waals surface area contributed by atoms with Gasteiger partial charge < -0.3 is 14.8 Å². The van der Waals surface area contributed by atoms with Gasteiger partial charge in [0.1, 0.15) is 5.82 Å². The third-order valence-corrected chi connectivity index (χ3v) is 4.06. The second-order valence-corrected chi connectivity index (χ2v) is 5.79. The topological polar surface area (TPSA) is 30.5 Å².